The Kier molecular flexibility index (Phi) is 7.34. The fourth-order valence-electron chi connectivity index (χ4n) is 4.21. The molecule has 1 aliphatic carbocycles. The number of alkyl halides is 3. The van der Waals surface area contributed by atoms with E-state index in [1.165, 1.54) is 44.4 Å². The second-order valence-corrected chi connectivity index (χ2v) is 8.24. The van der Waals surface area contributed by atoms with E-state index in [1.807, 2.05) is 4.90 Å². The summed E-state index contributed by atoms with van der Waals surface area (Å²) in [4.78, 5) is 4.25. The summed E-state index contributed by atoms with van der Waals surface area (Å²) in [5.74, 6) is 0.745. The van der Waals surface area contributed by atoms with Crippen LogP contribution in [-0.4, -0.2) is 49.0 Å². The van der Waals surface area contributed by atoms with Crippen molar-refractivity contribution in [3.63, 3.8) is 0 Å². The molecule has 1 aromatic carbocycles. The van der Waals surface area contributed by atoms with E-state index in [4.69, 9.17) is 5.73 Å². The van der Waals surface area contributed by atoms with E-state index < -0.39 is 11.7 Å². The first-order valence-corrected chi connectivity index (χ1v) is 10.5. The molecule has 1 saturated heterocycles. The monoisotopic (exact) mass is 427 g/mol. The summed E-state index contributed by atoms with van der Waals surface area (Å²) in [5.41, 5.74) is 7.54. The van der Waals surface area contributed by atoms with Crippen molar-refractivity contribution in [3.05, 3.63) is 29.3 Å². The molecule has 0 spiro atoms. The standard InChI is InChI=1S/C20H28F3N5S/c21-20(22,23)17-12-16(13-25-26-19(24)29)6-7-18(17)28-10-8-27(9-11-28)14-15-4-2-1-3-5-15/h6-7,12-13,15H,1-5,8-11,14H2,(H3,24,26,29)/b25-13+. The van der Waals surface area contributed by atoms with Gasteiger partial charge in [0.15, 0.2) is 5.11 Å². The minimum Gasteiger partial charge on any atom is -0.375 e. The van der Waals surface area contributed by atoms with E-state index in [9.17, 15) is 13.2 Å². The average molecular weight is 428 g/mol. The number of nitrogens with one attached hydrogen (secondary N) is 1. The summed E-state index contributed by atoms with van der Waals surface area (Å²) < 4.78 is 41.0. The number of nitrogens with zero attached hydrogens (tertiary/aromatic N) is 3. The molecule has 1 aromatic rings. The molecule has 0 amide bonds. The van der Waals surface area contributed by atoms with Crippen LogP contribution in [0.25, 0.3) is 0 Å². The van der Waals surface area contributed by atoms with Crippen molar-refractivity contribution in [1.29, 1.82) is 0 Å². The minimum absolute atomic E-state index is 0.0417. The molecule has 9 heteroatoms. The van der Waals surface area contributed by atoms with Gasteiger partial charge in [0.05, 0.1) is 11.8 Å². The lowest BCUT2D eigenvalue weighted by Gasteiger charge is -2.39. The molecule has 3 N–H and O–H groups in total. The summed E-state index contributed by atoms with van der Waals surface area (Å²) in [6.07, 6.45) is 3.36. The molecule has 0 bridgehead atoms. The van der Waals surface area contributed by atoms with Crippen LogP contribution in [0.3, 0.4) is 0 Å². The number of piperazine rings is 1. The van der Waals surface area contributed by atoms with Crippen molar-refractivity contribution < 1.29 is 13.2 Å². The molecule has 2 fully saturated rings. The molecule has 1 saturated carbocycles. The summed E-state index contributed by atoms with van der Waals surface area (Å²) in [6, 6.07) is 4.28. The molecule has 3 rings (SSSR count). The predicted octanol–water partition coefficient (Wildman–Crippen LogP) is 3.57. The minimum atomic E-state index is -4.44. The highest BCUT2D eigenvalue weighted by atomic mass is 32.1. The van der Waals surface area contributed by atoms with Gasteiger partial charge < -0.3 is 10.6 Å². The first kappa shape index (κ1) is 21.8. The number of thiocarbonyl (C=S) groups is 1. The lowest BCUT2D eigenvalue weighted by molar-refractivity contribution is -0.137. The molecule has 2 aliphatic rings. The van der Waals surface area contributed by atoms with Gasteiger partial charge in [0.25, 0.3) is 0 Å². The summed E-state index contributed by atoms with van der Waals surface area (Å²) in [6.45, 7) is 3.88. The van der Waals surface area contributed by atoms with Gasteiger partial charge >= 0.3 is 6.18 Å². The van der Waals surface area contributed by atoms with Crippen LogP contribution in [0.15, 0.2) is 23.3 Å². The number of rotatable bonds is 5. The number of halogens is 3. The molecule has 0 unspecified atom stereocenters. The van der Waals surface area contributed by atoms with Gasteiger partial charge in [0.2, 0.25) is 0 Å². The van der Waals surface area contributed by atoms with Crippen molar-refractivity contribution in [2.24, 2.45) is 16.8 Å². The van der Waals surface area contributed by atoms with Gasteiger partial charge in [-0.15, -0.1) is 0 Å². The Hall–Kier alpha value is -1.87. The van der Waals surface area contributed by atoms with Crippen LogP contribution >= 0.6 is 12.2 Å². The molecular weight excluding hydrogens is 399 g/mol. The highest BCUT2D eigenvalue weighted by Gasteiger charge is 2.36. The smallest absolute Gasteiger partial charge is 0.375 e. The topological polar surface area (TPSA) is 56.9 Å². The third kappa shape index (κ3) is 6.30. The van der Waals surface area contributed by atoms with E-state index in [2.05, 4.69) is 27.6 Å². The maximum atomic E-state index is 13.7. The molecule has 29 heavy (non-hydrogen) atoms. The van der Waals surface area contributed by atoms with E-state index in [0.717, 1.165) is 31.6 Å². The summed E-state index contributed by atoms with van der Waals surface area (Å²) >= 11 is 4.63. The lowest BCUT2D eigenvalue weighted by Crippen LogP contribution is -2.48. The maximum Gasteiger partial charge on any atom is 0.418 e. The predicted molar refractivity (Wildman–Crippen MR) is 114 cm³/mol. The van der Waals surface area contributed by atoms with E-state index >= 15 is 0 Å². The molecule has 1 heterocycles. The number of anilines is 1. The van der Waals surface area contributed by atoms with Gasteiger partial charge in [0.1, 0.15) is 0 Å². The van der Waals surface area contributed by atoms with E-state index in [-0.39, 0.29) is 10.8 Å². The quantitative estimate of drug-likeness (QED) is 0.427. The van der Waals surface area contributed by atoms with Crippen molar-refractivity contribution >= 4 is 29.2 Å². The molecule has 0 atom stereocenters. The number of hydrazone groups is 1. The normalized spacial score (nSPS) is 19.6. The Morgan fingerprint density at radius 2 is 1.86 bits per heavy atom. The Morgan fingerprint density at radius 3 is 2.48 bits per heavy atom. The van der Waals surface area contributed by atoms with Crippen molar-refractivity contribution in [1.82, 2.24) is 10.3 Å². The van der Waals surface area contributed by atoms with Crippen molar-refractivity contribution in [2.75, 3.05) is 37.6 Å². The molecule has 160 valence electrons. The van der Waals surface area contributed by atoms with Crippen molar-refractivity contribution in [3.8, 4) is 0 Å². The zero-order chi connectivity index (χ0) is 20.9. The van der Waals surface area contributed by atoms with Crippen LogP contribution in [-0.2, 0) is 6.18 Å². The van der Waals surface area contributed by atoms with Gasteiger partial charge in [-0.25, -0.2) is 0 Å². The largest absolute Gasteiger partial charge is 0.418 e. The summed E-state index contributed by atoms with van der Waals surface area (Å²) in [5, 5.41) is 3.70. The first-order chi connectivity index (χ1) is 13.8. The van der Waals surface area contributed by atoms with E-state index in [1.54, 1.807) is 6.07 Å². The third-order valence-corrected chi connectivity index (χ3v) is 5.76. The third-order valence-electron chi connectivity index (χ3n) is 5.67. The fourth-order valence-corrected chi connectivity index (χ4v) is 4.27. The van der Waals surface area contributed by atoms with Crippen LogP contribution in [0.4, 0.5) is 18.9 Å². The van der Waals surface area contributed by atoms with Crippen LogP contribution in [0, 0.1) is 5.92 Å². The second-order valence-electron chi connectivity index (χ2n) is 7.80. The Balaban J connectivity index is 1.66. The molecule has 5 nitrogen and oxygen atoms in total. The van der Waals surface area contributed by atoms with Gasteiger partial charge in [-0.1, -0.05) is 25.3 Å². The summed E-state index contributed by atoms with van der Waals surface area (Å²) in [7, 11) is 0. The first-order valence-electron chi connectivity index (χ1n) is 10.1. The van der Waals surface area contributed by atoms with Crippen LogP contribution in [0.1, 0.15) is 43.2 Å². The van der Waals surface area contributed by atoms with Crippen LogP contribution in [0.5, 0.6) is 0 Å². The zero-order valence-corrected chi connectivity index (χ0v) is 17.2. The highest BCUT2D eigenvalue weighted by Crippen LogP contribution is 2.37. The number of nitrogens with two attached hydrogens (primary N) is 1. The molecular formula is C20H28F3N5S. The van der Waals surface area contributed by atoms with Gasteiger partial charge in [-0.2, -0.15) is 18.3 Å². The molecule has 0 aromatic heterocycles. The van der Waals surface area contributed by atoms with Gasteiger partial charge in [-0.3, -0.25) is 10.3 Å². The lowest BCUT2D eigenvalue weighted by atomic mass is 9.89. The molecule has 0 radical (unpaired) electrons. The number of hydrogen-bond acceptors (Lipinski definition) is 4. The SMILES string of the molecule is NC(=S)N/N=C/c1ccc(N2CCN(CC3CCCCC3)CC2)c(C(F)(F)F)c1. The second kappa shape index (κ2) is 9.75. The van der Waals surface area contributed by atoms with Crippen molar-refractivity contribution in [2.45, 2.75) is 38.3 Å². The fraction of sp³-hybridized carbons (Fsp3) is 0.600. The van der Waals surface area contributed by atoms with Crippen LogP contribution in [0.2, 0.25) is 0 Å². The highest BCUT2D eigenvalue weighted by molar-refractivity contribution is 7.80. The average Bonchev–Trinajstić information content (AvgIpc) is 2.68. The maximum absolute atomic E-state index is 13.7. The molecule has 1 aliphatic heterocycles. The Labute approximate surface area is 175 Å². The van der Waals surface area contributed by atoms with Gasteiger partial charge in [-0.05, 0) is 48.7 Å². The van der Waals surface area contributed by atoms with Crippen LogP contribution < -0.4 is 16.1 Å². The van der Waals surface area contributed by atoms with Gasteiger partial charge in [0, 0.05) is 38.4 Å². The Morgan fingerprint density at radius 1 is 1.17 bits per heavy atom. The van der Waals surface area contributed by atoms with E-state index in [0.29, 0.717) is 18.7 Å². The number of benzene rings is 1. The Bertz CT molecular complexity index is 723. The number of hydrogen-bond donors (Lipinski definition) is 2. The zero-order valence-electron chi connectivity index (χ0n) is 16.4.